The molecule has 1 heteroatoms. The molecule has 0 atom stereocenters. The average molecular weight is 216 g/mol. The van der Waals surface area contributed by atoms with Crippen molar-refractivity contribution < 1.29 is 0 Å². The Bertz CT molecular complexity index is 57.4. The Balaban J connectivity index is 2.80. The van der Waals surface area contributed by atoms with E-state index in [1.165, 1.54) is 23.7 Å². The zero-order valence-corrected chi connectivity index (χ0v) is 8.34. The monoisotopic (exact) mass is 217 g/mol. The van der Waals surface area contributed by atoms with Gasteiger partial charge in [0.2, 0.25) is 0 Å². The molecule has 0 amide bonds. The van der Waals surface area contributed by atoms with E-state index in [0.717, 1.165) is 0 Å². The van der Waals surface area contributed by atoms with Crippen LogP contribution in [0.25, 0.3) is 0 Å². The first kappa shape index (κ1) is 8.54. The van der Waals surface area contributed by atoms with Gasteiger partial charge in [-0.25, -0.2) is 0 Å². The van der Waals surface area contributed by atoms with E-state index in [-0.39, 0.29) is 0 Å². The van der Waals surface area contributed by atoms with Crippen molar-refractivity contribution in [3.05, 3.63) is 12.2 Å². The molecule has 0 spiro atoms. The molecule has 0 heterocycles. The van der Waals surface area contributed by atoms with E-state index in [1.807, 2.05) is 0 Å². The molecule has 8 heavy (non-hydrogen) atoms. The zero-order valence-electron chi connectivity index (χ0n) is 5.48. The van der Waals surface area contributed by atoms with E-state index in [1.54, 1.807) is 22.5 Å². The van der Waals surface area contributed by atoms with Crippen LogP contribution in [0.3, 0.4) is 0 Å². The summed E-state index contributed by atoms with van der Waals surface area (Å²) >= 11 is 1.62. The maximum absolute atomic E-state index is 2.29. The van der Waals surface area contributed by atoms with Crippen molar-refractivity contribution in [2.75, 3.05) is 0 Å². The molecular formula is C7H13Sn. The predicted molar refractivity (Wildman–Crippen MR) is 39.2 cm³/mol. The van der Waals surface area contributed by atoms with E-state index >= 15 is 0 Å². The van der Waals surface area contributed by atoms with E-state index < -0.39 is 0 Å². The summed E-state index contributed by atoms with van der Waals surface area (Å²) in [6.45, 7) is 2.23. The molecule has 0 aromatic heterocycles. The fraction of sp³-hybridized carbons (Fsp3) is 0.714. The van der Waals surface area contributed by atoms with E-state index in [2.05, 4.69) is 19.1 Å². The molecule has 0 aliphatic carbocycles. The Morgan fingerprint density at radius 1 is 1.38 bits per heavy atom. The molecule has 0 bridgehead atoms. The summed E-state index contributed by atoms with van der Waals surface area (Å²) in [4.78, 5) is 0. The van der Waals surface area contributed by atoms with Crippen LogP contribution >= 0.6 is 0 Å². The fourth-order valence-electron chi connectivity index (χ4n) is 0.523. The van der Waals surface area contributed by atoms with Crippen LogP contribution < -0.4 is 0 Å². The standard InChI is InChI=1S/C7H13.Sn/c1-3-5-7-6-4-2;/h3,5H,1,4,6-7H2,2H3;. The van der Waals surface area contributed by atoms with Crippen LogP contribution in [0.15, 0.2) is 12.2 Å². The van der Waals surface area contributed by atoms with Gasteiger partial charge in [0.05, 0.1) is 0 Å². The van der Waals surface area contributed by atoms with Crippen molar-refractivity contribution >= 4 is 22.5 Å². The second-order valence-electron chi connectivity index (χ2n) is 1.82. The summed E-state index contributed by atoms with van der Waals surface area (Å²) in [5.41, 5.74) is 0. The molecule has 0 nitrogen and oxygen atoms in total. The SMILES string of the molecule is CCCCC=C[CH2][Sn]. The molecule has 45 valence electrons. The molecule has 0 saturated carbocycles. The summed E-state index contributed by atoms with van der Waals surface area (Å²) in [6.07, 6.45) is 8.52. The number of unbranched alkanes of at least 4 members (excludes halogenated alkanes) is 2. The Morgan fingerprint density at radius 2 is 2.12 bits per heavy atom. The van der Waals surface area contributed by atoms with Crippen molar-refractivity contribution in [3.8, 4) is 0 Å². The first-order valence-corrected chi connectivity index (χ1v) is 5.23. The van der Waals surface area contributed by atoms with Crippen LogP contribution in [0.4, 0.5) is 0 Å². The number of rotatable bonds is 4. The van der Waals surface area contributed by atoms with E-state index in [4.69, 9.17) is 0 Å². The van der Waals surface area contributed by atoms with Crippen LogP contribution in [0.1, 0.15) is 26.2 Å². The number of hydrogen-bond donors (Lipinski definition) is 0. The molecule has 0 fully saturated rings. The van der Waals surface area contributed by atoms with Crippen LogP contribution in [0, 0.1) is 0 Å². The molecule has 0 aliphatic heterocycles. The van der Waals surface area contributed by atoms with Crippen molar-refractivity contribution in [2.24, 2.45) is 0 Å². The van der Waals surface area contributed by atoms with Gasteiger partial charge in [0.25, 0.3) is 0 Å². The second kappa shape index (κ2) is 7.54. The summed E-state index contributed by atoms with van der Waals surface area (Å²) in [6, 6.07) is 0. The van der Waals surface area contributed by atoms with Gasteiger partial charge < -0.3 is 0 Å². The van der Waals surface area contributed by atoms with Crippen LogP contribution in [-0.2, 0) is 0 Å². The summed E-state index contributed by atoms with van der Waals surface area (Å²) in [7, 11) is 0. The minimum absolute atomic E-state index is 1.27. The van der Waals surface area contributed by atoms with Crippen molar-refractivity contribution in [1.29, 1.82) is 0 Å². The first-order chi connectivity index (χ1) is 3.91. The average Bonchev–Trinajstić information content (AvgIpc) is 1.81. The third kappa shape index (κ3) is 6.54. The number of allylic oxidation sites excluding steroid dienone is 2. The third-order valence-electron chi connectivity index (χ3n) is 1.01. The van der Waals surface area contributed by atoms with Gasteiger partial charge in [0, 0.05) is 0 Å². The molecule has 0 aromatic carbocycles. The molecule has 0 saturated heterocycles. The Morgan fingerprint density at radius 3 is 2.62 bits per heavy atom. The van der Waals surface area contributed by atoms with Crippen molar-refractivity contribution in [2.45, 2.75) is 30.6 Å². The van der Waals surface area contributed by atoms with Gasteiger partial charge in [0.15, 0.2) is 0 Å². The molecule has 0 rings (SSSR count). The minimum atomic E-state index is 1.27. The van der Waals surface area contributed by atoms with Gasteiger partial charge in [-0.3, -0.25) is 0 Å². The van der Waals surface area contributed by atoms with Gasteiger partial charge in [-0.2, -0.15) is 0 Å². The van der Waals surface area contributed by atoms with Gasteiger partial charge in [0.1, 0.15) is 0 Å². The van der Waals surface area contributed by atoms with Gasteiger partial charge >= 0.3 is 65.3 Å². The summed E-state index contributed by atoms with van der Waals surface area (Å²) in [5, 5.41) is 0. The Labute approximate surface area is 65.4 Å². The fourth-order valence-corrected chi connectivity index (χ4v) is 0.999. The van der Waals surface area contributed by atoms with Crippen molar-refractivity contribution in [1.82, 2.24) is 0 Å². The summed E-state index contributed by atoms with van der Waals surface area (Å²) in [5.74, 6) is 0. The molecule has 0 unspecified atom stereocenters. The normalized spacial score (nSPS) is 10.8. The quantitative estimate of drug-likeness (QED) is 0.384. The molecule has 0 aliphatic rings. The summed E-state index contributed by atoms with van der Waals surface area (Å²) < 4.78 is 1.27. The maximum atomic E-state index is 2.29. The van der Waals surface area contributed by atoms with Crippen molar-refractivity contribution in [3.63, 3.8) is 0 Å². The van der Waals surface area contributed by atoms with E-state index in [9.17, 15) is 0 Å². The second-order valence-corrected chi connectivity index (χ2v) is 2.98. The van der Waals surface area contributed by atoms with Gasteiger partial charge in [-0.15, -0.1) is 0 Å². The Hall–Kier alpha value is 0.539. The Kier molecular flexibility index (Phi) is 8.05. The molecular weight excluding hydrogens is 203 g/mol. The molecule has 3 radical (unpaired) electrons. The van der Waals surface area contributed by atoms with E-state index in [0.29, 0.717) is 0 Å². The van der Waals surface area contributed by atoms with Gasteiger partial charge in [-0.1, -0.05) is 0 Å². The zero-order chi connectivity index (χ0) is 6.24. The third-order valence-corrected chi connectivity index (χ3v) is 1.68. The molecule has 0 aromatic rings. The first-order valence-electron chi connectivity index (χ1n) is 3.21. The van der Waals surface area contributed by atoms with Gasteiger partial charge in [-0.05, 0) is 0 Å². The predicted octanol–water partition coefficient (Wildman–Crippen LogP) is 2.32. The van der Waals surface area contributed by atoms with Crippen LogP contribution in [0.2, 0.25) is 4.44 Å². The van der Waals surface area contributed by atoms with Crippen LogP contribution in [0.5, 0.6) is 0 Å². The topological polar surface area (TPSA) is 0 Å². The molecule has 0 N–H and O–H groups in total. The van der Waals surface area contributed by atoms with Crippen LogP contribution in [-0.4, -0.2) is 22.5 Å². The number of hydrogen-bond acceptors (Lipinski definition) is 0.